The van der Waals surface area contributed by atoms with Gasteiger partial charge in [-0.25, -0.2) is 19.2 Å². The third-order valence-corrected chi connectivity index (χ3v) is 9.24. The van der Waals surface area contributed by atoms with E-state index in [9.17, 15) is 38.7 Å². The maximum absolute atomic E-state index is 13.8. The summed E-state index contributed by atoms with van der Waals surface area (Å²) >= 11 is 0. The van der Waals surface area contributed by atoms with Crippen molar-refractivity contribution in [3.05, 3.63) is 35.9 Å². The van der Waals surface area contributed by atoms with Gasteiger partial charge in [0.1, 0.15) is 43.0 Å². The normalized spacial score (nSPS) is 22.9. The van der Waals surface area contributed by atoms with Gasteiger partial charge in [-0.1, -0.05) is 37.3 Å². The Balaban J connectivity index is 1.33. The molecular weight excluding hydrogens is 678 g/mol. The Hall–Kier alpha value is -4.89. The first-order chi connectivity index (χ1) is 24.6. The number of hydrogen-bond acceptors (Lipinski definition) is 10. The molecule has 3 saturated heterocycles. The number of amides is 5. The molecule has 4 rings (SSSR count). The predicted octanol–water partition coefficient (Wildman–Crippen LogP) is 2.43. The van der Waals surface area contributed by atoms with Crippen LogP contribution in [0, 0.1) is 5.92 Å². The van der Waals surface area contributed by atoms with Crippen molar-refractivity contribution in [1.82, 2.24) is 25.3 Å². The molecule has 0 bridgehead atoms. The first-order valence-corrected chi connectivity index (χ1v) is 17.8. The highest BCUT2D eigenvalue weighted by Gasteiger charge is 2.44. The van der Waals surface area contributed by atoms with Crippen molar-refractivity contribution in [2.45, 2.75) is 116 Å². The molecule has 3 aliphatic heterocycles. The molecular formula is C36H51N5O11. The largest absolute Gasteiger partial charge is 0.480 e. The number of nitrogens with zero attached hydrogens (tertiary/aromatic N) is 3. The molecule has 6 atom stereocenters. The van der Waals surface area contributed by atoms with E-state index >= 15 is 0 Å². The second-order valence-electron chi connectivity index (χ2n) is 14.7. The fourth-order valence-electron chi connectivity index (χ4n) is 6.70. The van der Waals surface area contributed by atoms with Crippen LogP contribution in [-0.4, -0.2) is 124 Å². The average molecular weight is 730 g/mol. The van der Waals surface area contributed by atoms with Crippen LogP contribution in [-0.2, 0) is 44.8 Å². The SMILES string of the molecule is C[C@@H]1C[C@@H](C(=O)OC[C@H](NC(=O)OCc2ccccc2)C(=O)O)N(C(=O)[C@H](C)NC(=O)[C@@H]2CCCCN2C(=O)[C@@H]2CCCN2C(=O)OC(C)(C)C)C1. The molecule has 52 heavy (non-hydrogen) atoms. The van der Waals surface area contributed by atoms with E-state index in [1.54, 1.807) is 51.1 Å². The summed E-state index contributed by atoms with van der Waals surface area (Å²) in [5.74, 6) is -3.80. The number of rotatable bonds is 11. The van der Waals surface area contributed by atoms with E-state index in [1.807, 2.05) is 6.92 Å². The van der Waals surface area contributed by atoms with Gasteiger partial charge < -0.3 is 39.8 Å². The number of piperidine rings is 1. The van der Waals surface area contributed by atoms with E-state index in [2.05, 4.69) is 10.6 Å². The highest BCUT2D eigenvalue weighted by molar-refractivity contribution is 5.95. The molecule has 286 valence electrons. The Morgan fingerprint density at radius 2 is 1.54 bits per heavy atom. The third-order valence-electron chi connectivity index (χ3n) is 9.24. The predicted molar refractivity (Wildman–Crippen MR) is 184 cm³/mol. The number of aliphatic carboxylic acids is 1. The Labute approximate surface area is 303 Å². The summed E-state index contributed by atoms with van der Waals surface area (Å²) in [6, 6.07) is 3.47. The molecule has 5 amide bonds. The highest BCUT2D eigenvalue weighted by atomic mass is 16.6. The third kappa shape index (κ3) is 10.6. The second kappa shape index (κ2) is 17.6. The summed E-state index contributed by atoms with van der Waals surface area (Å²) in [6.45, 7) is 8.69. The fourth-order valence-corrected chi connectivity index (χ4v) is 6.70. The van der Waals surface area contributed by atoms with Crippen LogP contribution < -0.4 is 10.6 Å². The van der Waals surface area contributed by atoms with Gasteiger partial charge in [0.05, 0.1) is 0 Å². The zero-order valence-corrected chi connectivity index (χ0v) is 30.5. The number of esters is 1. The maximum atomic E-state index is 13.8. The van der Waals surface area contributed by atoms with E-state index in [-0.39, 0.29) is 31.4 Å². The number of carbonyl (C=O) groups excluding carboxylic acids is 6. The number of nitrogens with one attached hydrogen (secondary N) is 2. The van der Waals surface area contributed by atoms with Crippen molar-refractivity contribution in [3.63, 3.8) is 0 Å². The molecule has 1 aromatic carbocycles. The van der Waals surface area contributed by atoms with Gasteiger partial charge >= 0.3 is 24.1 Å². The van der Waals surface area contributed by atoms with Crippen LogP contribution in [0.2, 0.25) is 0 Å². The van der Waals surface area contributed by atoms with Crippen LogP contribution in [0.3, 0.4) is 0 Å². The van der Waals surface area contributed by atoms with E-state index < -0.39 is 78.4 Å². The van der Waals surface area contributed by atoms with Gasteiger partial charge in [-0.05, 0) is 77.7 Å². The molecule has 0 aromatic heterocycles. The van der Waals surface area contributed by atoms with Crippen molar-refractivity contribution < 1.29 is 52.9 Å². The summed E-state index contributed by atoms with van der Waals surface area (Å²) in [6.07, 6.45) is 1.49. The Morgan fingerprint density at radius 3 is 2.21 bits per heavy atom. The van der Waals surface area contributed by atoms with Crippen LogP contribution in [0.4, 0.5) is 9.59 Å². The van der Waals surface area contributed by atoms with Gasteiger partial charge in [0.2, 0.25) is 17.7 Å². The van der Waals surface area contributed by atoms with Crippen molar-refractivity contribution in [2.75, 3.05) is 26.2 Å². The van der Waals surface area contributed by atoms with Gasteiger partial charge in [-0.2, -0.15) is 0 Å². The second-order valence-corrected chi connectivity index (χ2v) is 14.7. The standard InChI is InChI=1S/C36H51N5O11/c1-22-18-28(33(47)50-21-25(32(45)46)38-34(48)51-20-24-12-7-6-8-13-24)41(19-22)30(43)23(2)37-29(42)26-14-9-10-16-39(26)31(44)27-15-11-17-40(27)35(49)52-36(3,4)5/h6-8,12-13,22-23,25-28H,9-11,14-21H2,1-5H3,(H,37,42)(H,38,48)(H,45,46)/t22-,23+,25+,26+,27+,28+/m1/s1. The fraction of sp³-hybridized carbons (Fsp3) is 0.639. The van der Waals surface area contributed by atoms with Gasteiger partial charge in [0, 0.05) is 19.6 Å². The molecule has 3 aliphatic rings. The minimum Gasteiger partial charge on any atom is -0.480 e. The lowest BCUT2D eigenvalue weighted by atomic mass is 9.99. The first kappa shape index (κ1) is 39.9. The Morgan fingerprint density at radius 1 is 0.865 bits per heavy atom. The minimum atomic E-state index is -1.60. The summed E-state index contributed by atoms with van der Waals surface area (Å²) in [5, 5.41) is 14.5. The summed E-state index contributed by atoms with van der Waals surface area (Å²) in [5.41, 5.74) is -0.0370. The molecule has 0 spiro atoms. The molecule has 3 fully saturated rings. The van der Waals surface area contributed by atoms with Crippen molar-refractivity contribution >= 4 is 41.8 Å². The Bertz CT molecular complexity index is 1480. The molecule has 0 radical (unpaired) electrons. The van der Waals surface area contributed by atoms with Crippen molar-refractivity contribution in [1.29, 1.82) is 0 Å². The molecule has 1 aromatic rings. The highest BCUT2D eigenvalue weighted by Crippen LogP contribution is 2.27. The molecule has 16 nitrogen and oxygen atoms in total. The molecule has 3 N–H and O–H groups in total. The molecule has 16 heteroatoms. The monoisotopic (exact) mass is 729 g/mol. The van der Waals surface area contributed by atoms with Gasteiger partial charge in [-0.3, -0.25) is 19.3 Å². The van der Waals surface area contributed by atoms with Gasteiger partial charge in [0.25, 0.3) is 0 Å². The van der Waals surface area contributed by atoms with E-state index in [0.717, 1.165) is 0 Å². The lowest BCUT2D eigenvalue weighted by Gasteiger charge is -2.38. The topological polar surface area (TPSA) is 201 Å². The quantitative estimate of drug-likeness (QED) is 0.223. The van der Waals surface area contributed by atoms with Gasteiger partial charge in [0.15, 0.2) is 6.04 Å². The van der Waals surface area contributed by atoms with Gasteiger partial charge in [-0.15, -0.1) is 0 Å². The maximum Gasteiger partial charge on any atom is 0.410 e. The average Bonchev–Trinajstić information content (AvgIpc) is 3.75. The number of carboxylic acid groups (broad SMARTS) is 1. The van der Waals surface area contributed by atoms with E-state index in [1.165, 1.54) is 21.6 Å². The Kier molecular flexibility index (Phi) is 13.5. The summed E-state index contributed by atoms with van der Waals surface area (Å²) < 4.78 is 15.9. The summed E-state index contributed by atoms with van der Waals surface area (Å²) in [4.78, 5) is 95.4. The van der Waals surface area contributed by atoms with Crippen LogP contribution in [0.15, 0.2) is 30.3 Å². The van der Waals surface area contributed by atoms with Crippen LogP contribution >= 0.6 is 0 Å². The van der Waals surface area contributed by atoms with Crippen LogP contribution in [0.1, 0.15) is 78.7 Å². The lowest BCUT2D eigenvalue weighted by Crippen LogP contribution is -2.59. The number of hydrogen-bond donors (Lipinski definition) is 3. The van der Waals surface area contributed by atoms with E-state index in [4.69, 9.17) is 14.2 Å². The van der Waals surface area contributed by atoms with Crippen LogP contribution in [0.5, 0.6) is 0 Å². The van der Waals surface area contributed by atoms with Crippen molar-refractivity contribution in [2.24, 2.45) is 5.92 Å². The molecule has 0 unspecified atom stereocenters. The number of benzene rings is 1. The molecule has 3 heterocycles. The van der Waals surface area contributed by atoms with E-state index in [0.29, 0.717) is 50.8 Å². The minimum absolute atomic E-state index is 0.0904. The molecule has 0 aliphatic carbocycles. The molecule has 0 saturated carbocycles. The van der Waals surface area contributed by atoms with Crippen molar-refractivity contribution in [3.8, 4) is 0 Å². The zero-order chi connectivity index (χ0) is 38.2. The number of likely N-dealkylation sites (tertiary alicyclic amines) is 3. The number of carboxylic acids is 1. The summed E-state index contributed by atoms with van der Waals surface area (Å²) in [7, 11) is 0. The number of alkyl carbamates (subject to hydrolysis) is 1. The zero-order valence-electron chi connectivity index (χ0n) is 30.5. The lowest BCUT2D eigenvalue weighted by molar-refractivity contribution is -0.156. The number of carbonyl (C=O) groups is 7. The number of ether oxygens (including phenoxy) is 3. The first-order valence-electron chi connectivity index (χ1n) is 17.8. The smallest absolute Gasteiger partial charge is 0.410 e. The van der Waals surface area contributed by atoms with Crippen LogP contribution in [0.25, 0.3) is 0 Å².